The molecule has 0 radical (unpaired) electrons. The number of hydrogen-bond acceptors (Lipinski definition) is 5. The van der Waals surface area contributed by atoms with E-state index in [2.05, 4.69) is 4.98 Å². The Bertz CT molecular complexity index is 962. The van der Waals surface area contributed by atoms with Crippen molar-refractivity contribution in [1.29, 1.82) is 0 Å². The van der Waals surface area contributed by atoms with Crippen molar-refractivity contribution in [3.8, 4) is 0 Å². The number of esters is 1. The summed E-state index contributed by atoms with van der Waals surface area (Å²) in [5.41, 5.74) is 0.619. The lowest BCUT2D eigenvalue weighted by molar-refractivity contribution is 0.0599. The molecule has 1 aromatic carbocycles. The smallest absolute Gasteiger partial charge is 0.339 e. The van der Waals surface area contributed by atoms with E-state index in [-0.39, 0.29) is 27.6 Å². The van der Waals surface area contributed by atoms with E-state index in [0.29, 0.717) is 12.1 Å². The molecule has 0 unspecified atom stereocenters. The number of ether oxygens (including phenoxy) is 1. The predicted molar refractivity (Wildman–Crippen MR) is 78.5 cm³/mol. The molecule has 2 aromatic heterocycles. The van der Waals surface area contributed by atoms with Crippen molar-refractivity contribution >= 4 is 28.0 Å². The molecule has 5 nitrogen and oxygen atoms in total. The maximum absolute atomic E-state index is 13.3. The van der Waals surface area contributed by atoms with Crippen LogP contribution in [0, 0.1) is 5.82 Å². The molecule has 0 spiro atoms. The molecule has 0 aliphatic carbocycles. The highest BCUT2D eigenvalue weighted by molar-refractivity contribution is 5.96. The number of carbonyl (C=O) groups is 1. The number of aromatic nitrogens is 1. The van der Waals surface area contributed by atoms with Gasteiger partial charge >= 0.3 is 5.97 Å². The van der Waals surface area contributed by atoms with Crippen molar-refractivity contribution in [2.24, 2.45) is 0 Å². The van der Waals surface area contributed by atoms with Crippen LogP contribution in [0.1, 0.15) is 23.0 Å². The van der Waals surface area contributed by atoms with Crippen LogP contribution in [0.5, 0.6) is 0 Å². The lowest BCUT2D eigenvalue weighted by atomic mass is 10.1. The SMILES string of the molecule is CCc1nc2oc3ccc(F)cc3c(=O)c2cc1C(=O)OC. The Morgan fingerprint density at radius 2 is 2.09 bits per heavy atom. The van der Waals surface area contributed by atoms with Gasteiger partial charge < -0.3 is 9.15 Å². The largest absolute Gasteiger partial charge is 0.465 e. The summed E-state index contributed by atoms with van der Waals surface area (Å²) in [5, 5.41) is 0.227. The van der Waals surface area contributed by atoms with E-state index in [4.69, 9.17) is 9.15 Å². The van der Waals surface area contributed by atoms with Gasteiger partial charge in [0.05, 0.1) is 29.1 Å². The zero-order valence-electron chi connectivity index (χ0n) is 12.0. The molecule has 0 bridgehead atoms. The van der Waals surface area contributed by atoms with Gasteiger partial charge in [0.25, 0.3) is 0 Å². The van der Waals surface area contributed by atoms with Gasteiger partial charge in [0.2, 0.25) is 11.1 Å². The summed E-state index contributed by atoms with van der Waals surface area (Å²) in [6.07, 6.45) is 0.478. The van der Waals surface area contributed by atoms with Crippen molar-refractivity contribution in [2.75, 3.05) is 7.11 Å². The Labute approximate surface area is 124 Å². The highest BCUT2D eigenvalue weighted by atomic mass is 19.1. The van der Waals surface area contributed by atoms with E-state index in [1.54, 1.807) is 0 Å². The molecule has 2 heterocycles. The van der Waals surface area contributed by atoms with Crippen LogP contribution in [0.3, 0.4) is 0 Å². The fourth-order valence-corrected chi connectivity index (χ4v) is 2.35. The van der Waals surface area contributed by atoms with Gasteiger partial charge in [-0.25, -0.2) is 14.2 Å². The van der Waals surface area contributed by atoms with Gasteiger partial charge in [-0.3, -0.25) is 4.79 Å². The van der Waals surface area contributed by atoms with Crippen molar-refractivity contribution < 1.29 is 18.3 Å². The fourth-order valence-electron chi connectivity index (χ4n) is 2.35. The van der Waals surface area contributed by atoms with Crippen molar-refractivity contribution in [2.45, 2.75) is 13.3 Å². The standard InChI is InChI=1S/C16H12FNO4/c1-3-12-9(16(20)21-2)7-11-14(19)10-6-8(17)4-5-13(10)22-15(11)18-12/h4-7H,3H2,1-2H3. The monoisotopic (exact) mass is 301 g/mol. The molecule has 3 rings (SSSR count). The first-order chi connectivity index (χ1) is 10.5. The quantitative estimate of drug-likeness (QED) is 0.538. The minimum Gasteiger partial charge on any atom is -0.465 e. The average molecular weight is 301 g/mol. The molecule has 0 N–H and O–H groups in total. The number of aryl methyl sites for hydroxylation is 1. The predicted octanol–water partition coefficient (Wildman–Crippen LogP) is 2.83. The Morgan fingerprint density at radius 3 is 2.77 bits per heavy atom. The van der Waals surface area contributed by atoms with E-state index in [1.807, 2.05) is 6.92 Å². The van der Waals surface area contributed by atoms with Crippen LogP contribution in [-0.2, 0) is 11.2 Å². The third-order valence-corrected chi connectivity index (χ3v) is 3.44. The molecule has 0 saturated heterocycles. The van der Waals surface area contributed by atoms with Crippen LogP contribution in [-0.4, -0.2) is 18.1 Å². The molecule has 6 heteroatoms. The zero-order valence-corrected chi connectivity index (χ0v) is 12.0. The van der Waals surface area contributed by atoms with E-state index < -0.39 is 17.2 Å². The van der Waals surface area contributed by atoms with Gasteiger partial charge in [0.15, 0.2) is 0 Å². The molecule has 22 heavy (non-hydrogen) atoms. The Kier molecular flexibility index (Phi) is 3.36. The molecule has 0 atom stereocenters. The van der Waals surface area contributed by atoms with Crippen LogP contribution >= 0.6 is 0 Å². The molecular formula is C16H12FNO4. The molecule has 0 aliphatic rings. The third kappa shape index (κ3) is 2.13. The van der Waals surface area contributed by atoms with Gasteiger partial charge in [-0.1, -0.05) is 6.92 Å². The van der Waals surface area contributed by atoms with E-state index in [9.17, 15) is 14.0 Å². The van der Waals surface area contributed by atoms with Crippen molar-refractivity contribution in [3.63, 3.8) is 0 Å². The van der Waals surface area contributed by atoms with Crippen molar-refractivity contribution in [3.05, 3.63) is 51.6 Å². The van der Waals surface area contributed by atoms with E-state index >= 15 is 0 Å². The number of rotatable bonds is 2. The summed E-state index contributed by atoms with van der Waals surface area (Å²) < 4.78 is 23.6. The Morgan fingerprint density at radius 1 is 1.32 bits per heavy atom. The number of methoxy groups -OCH3 is 1. The van der Waals surface area contributed by atoms with Gasteiger partial charge in [0.1, 0.15) is 11.4 Å². The first-order valence-electron chi connectivity index (χ1n) is 6.69. The van der Waals surface area contributed by atoms with Crippen molar-refractivity contribution in [1.82, 2.24) is 4.98 Å². The van der Waals surface area contributed by atoms with Gasteiger partial charge in [0, 0.05) is 0 Å². The van der Waals surface area contributed by atoms with Gasteiger partial charge in [-0.2, -0.15) is 0 Å². The summed E-state index contributed by atoms with van der Waals surface area (Å²) in [6.45, 7) is 1.83. The van der Waals surface area contributed by atoms with Crippen LogP contribution in [0.15, 0.2) is 33.5 Å². The molecule has 0 amide bonds. The minimum atomic E-state index is -0.579. The lowest BCUT2D eigenvalue weighted by Crippen LogP contribution is -2.11. The number of halogens is 1. The molecule has 3 aromatic rings. The molecular weight excluding hydrogens is 289 g/mol. The summed E-state index contributed by atoms with van der Waals surface area (Å²) >= 11 is 0. The third-order valence-electron chi connectivity index (χ3n) is 3.44. The van der Waals surface area contributed by atoms with Crippen LogP contribution in [0.25, 0.3) is 22.1 Å². The Balaban J connectivity index is 2.44. The number of pyridine rings is 1. The number of carbonyl (C=O) groups excluding carboxylic acids is 1. The maximum atomic E-state index is 13.3. The van der Waals surface area contributed by atoms with Crippen LogP contribution < -0.4 is 5.43 Å². The molecule has 0 fully saturated rings. The lowest BCUT2D eigenvalue weighted by Gasteiger charge is -2.07. The number of hydrogen-bond donors (Lipinski definition) is 0. The first-order valence-corrected chi connectivity index (χ1v) is 6.69. The average Bonchev–Trinajstić information content (AvgIpc) is 2.54. The molecule has 112 valence electrons. The summed E-state index contributed by atoms with van der Waals surface area (Å²) in [4.78, 5) is 28.5. The highest BCUT2D eigenvalue weighted by Gasteiger charge is 2.17. The van der Waals surface area contributed by atoms with Gasteiger partial charge in [-0.05, 0) is 30.7 Å². The normalized spacial score (nSPS) is 11.0. The minimum absolute atomic E-state index is 0.106. The topological polar surface area (TPSA) is 69.4 Å². The highest BCUT2D eigenvalue weighted by Crippen LogP contribution is 2.21. The zero-order chi connectivity index (χ0) is 15.9. The number of benzene rings is 1. The van der Waals surface area contributed by atoms with Gasteiger partial charge in [-0.15, -0.1) is 0 Å². The summed E-state index contributed by atoms with van der Waals surface area (Å²) in [6, 6.07) is 5.09. The first kappa shape index (κ1) is 14.2. The second-order valence-corrected chi connectivity index (χ2v) is 4.75. The molecule has 0 aliphatic heterocycles. The second kappa shape index (κ2) is 5.22. The number of fused-ring (bicyclic) bond motifs is 2. The summed E-state index contributed by atoms with van der Waals surface area (Å²) in [5.74, 6) is -1.12. The van der Waals surface area contributed by atoms with E-state index in [1.165, 1.54) is 25.3 Å². The fraction of sp³-hybridized carbons (Fsp3) is 0.188. The summed E-state index contributed by atoms with van der Waals surface area (Å²) in [7, 11) is 1.25. The maximum Gasteiger partial charge on any atom is 0.339 e. The van der Waals surface area contributed by atoms with Crippen LogP contribution in [0.4, 0.5) is 4.39 Å². The van der Waals surface area contributed by atoms with Crippen LogP contribution in [0.2, 0.25) is 0 Å². The Hall–Kier alpha value is -2.76. The number of nitrogens with zero attached hydrogens (tertiary/aromatic N) is 1. The second-order valence-electron chi connectivity index (χ2n) is 4.75. The molecule has 0 saturated carbocycles. The van der Waals surface area contributed by atoms with E-state index in [0.717, 1.165) is 6.07 Å².